The zero-order valence-electron chi connectivity index (χ0n) is 24.3. The molecule has 230 valence electrons. The van der Waals surface area contributed by atoms with Gasteiger partial charge in [-0.25, -0.2) is 9.13 Å². The first-order valence-corrected chi connectivity index (χ1v) is 17.7. The van der Waals surface area contributed by atoms with Crippen LogP contribution in [0, 0.1) is 0 Å². The van der Waals surface area contributed by atoms with Crippen LogP contribution in [0.3, 0.4) is 0 Å². The molecule has 12 heteroatoms. The number of unbranched alkanes of at least 4 members (excludes halogenated alkanes) is 3. The van der Waals surface area contributed by atoms with Crippen LogP contribution in [0.1, 0.15) is 70.1 Å². The summed E-state index contributed by atoms with van der Waals surface area (Å²) in [6.07, 6.45) is 11.6. The van der Waals surface area contributed by atoms with Gasteiger partial charge in [-0.3, -0.25) is 4.55 Å². The topological polar surface area (TPSA) is 69.7 Å². The second kappa shape index (κ2) is 14.4. The number of benzene rings is 1. The van der Waals surface area contributed by atoms with Crippen molar-refractivity contribution in [2.75, 3.05) is 28.6 Å². The molecule has 2 heterocycles. The Morgan fingerprint density at radius 2 is 1.57 bits per heavy atom. The van der Waals surface area contributed by atoms with E-state index in [1.165, 1.54) is 0 Å². The summed E-state index contributed by atoms with van der Waals surface area (Å²) < 4.78 is 36.2. The Balaban J connectivity index is 1.73. The highest BCUT2D eigenvalue weighted by molar-refractivity contribution is 7.85. The minimum atomic E-state index is -4.00. The highest BCUT2D eigenvalue weighted by Crippen LogP contribution is 2.45. The van der Waals surface area contributed by atoms with Crippen molar-refractivity contribution in [1.29, 1.82) is 0 Å². The SMILES string of the molecule is CCCCCN1C(=CC=Cc2n(CC)c3c([n+]2CCCCS(=O)(=O)O)CC(Cl)=C(Cl)C3)N(CC)c2cc(Cl)c(Cl)cc21. The lowest BCUT2D eigenvalue weighted by molar-refractivity contribution is -0.705. The molecular weight excluding hydrogens is 638 g/mol. The first kappa shape index (κ1) is 33.2. The van der Waals surface area contributed by atoms with Crippen LogP contribution in [0.5, 0.6) is 0 Å². The van der Waals surface area contributed by atoms with E-state index in [0.717, 1.165) is 73.3 Å². The van der Waals surface area contributed by atoms with Crippen molar-refractivity contribution in [3.8, 4) is 0 Å². The van der Waals surface area contributed by atoms with Crippen molar-refractivity contribution in [2.45, 2.75) is 78.8 Å². The standard InChI is InChI=1S/C30H38Cl4N4O3S/c1-4-7-8-14-37-27-19-23(33)21(31)17-25(27)35(5-2)29(37)12-11-13-30-36(6-3)26-18-22(32)24(34)20-28(26)38(30)15-9-10-16-42(39,40)41/h11-13,17,19H,4-10,14-16,18,20H2,1-3H3/p+1. The lowest BCUT2D eigenvalue weighted by Crippen LogP contribution is -2.40. The van der Waals surface area contributed by atoms with Crippen LogP contribution in [0.25, 0.3) is 6.08 Å². The Bertz CT molecular complexity index is 1510. The van der Waals surface area contributed by atoms with Gasteiger partial charge in [0, 0.05) is 29.2 Å². The van der Waals surface area contributed by atoms with E-state index >= 15 is 0 Å². The summed E-state index contributed by atoms with van der Waals surface area (Å²) in [5.41, 5.74) is 4.29. The van der Waals surface area contributed by atoms with Crippen molar-refractivity contribution < 1.29 is 17.5 Å². The van der Waals surface area contributed by atoms with Crippen LogP contribution in [0.4, 0.5) is 11.4 Å². The zero-order valence-corrected chi connectivity index (χ0v) is 28.2. The van der Waals surface area contributed by atoms with Gasteiger partial charge in [-0.05, 0) is 51.3 Å². The van der Waals surface area contributed by atoms with Gasteiger partial charge in [0.25, 0.3) is 15.9 Å². The molecule has 0 saturated carbocycles. The van der Waals surface area contributed by atoms with Gasteiger partial charge in [0.2, 0.25) is 0 Å². The Morgan fingerprint density at radius 3 is 2.19 bits per heavy atom. The Morgan fingerprint density at radius 1 is 0.905 bits per heavy atom. The van der Waals surface area contributed by atoms with Gasteiger partial charge in [-0.1, -0.05) is 72.2 Å². The molecule has 2 aliphatic rings. The highest BCUT2D eigenvalue weighted by Gasteiger charge is 2.33. The average Bonchev–Trinajstić information content (AvgIpc) is 3.37. The second-order valence-corrected chi connectivity index (χ2v) is 13.8. The molecule has 1 aliphatic heterocycles. The van der Waals surface area contributed by atoms with E-state index in [-0.39, 0.29) is 5.75 Å². The van der Waals surface area contributed by atoms with Crippen LogP contribution >= 0.6 is 46.4 Å². The lowest BCUT2D eigenvalue weighted by Gasteiger charge is -2.24. The average molecular weight is 678 g/mol. The summed E-state index contributed by atoms with van der Waals surface area (Å²) in [7, 11) is -4.00. The van der Waals surface area contributed by atoms with Gasteiger partial charge < -0.3 is 9.80 Å². The third-order valence-corrected chi connectivity index (χ3v) is 10.1. The Kier molecular flexibility index (Phi) is 11.4. The number of rotatable bonds is 13. The van der Waals surface area contributed by atoms with Crippen LogP contribution in [0.15, 0.2) is 40.2 Å². The van der Waals surface area contributed by atoms with Crippen molar-refractivity contribution in [2.24, 2.45) is 0 Å². The summed E-state index contributed by atoms with van der Waals surface area (Å²) >= 11 is 25.9. The van der Waals surface area contributed by atoms with E-state index in [9.17, 15) is 13.0 Å². The predicted octanol–water partition coefficient (Wildman–Crippen LogP) is 7.95. The van der Waals surface area contributed by atoms with Gasteiger partial charge in [-0.15, -0.1) is 0 Å². The molecule has 0 saturated heterocycles. The molecule has 1 aromatic heterocycles. The van der Waals surface area contributed by atoms with Crippen LogP contribution in [-0.2, 0) is 36.0 Å². The predicted molar refractivity (Wildman–Crippen MR) is 176 cm³/mol. The summed E-state index contributed by atoms with van der Waals surface area (Å²) in [4.78, 5) is 4.57. The molecule has 7 nitrogen and oxygen atoms in total. The van der Waals surface area contributed by atoms with E-state index < -0.39 is 10.1 Å². The van der Waals surface area contributed by atoms with Crippen molar-refractivity contribution in [1.82, 2.24) is 4.57 Å². The number of nitrogens with zero attached hydrogens (tertiary/aromatic N) is 4. The number of imidazole rings is 1. The highest BCUT2D eigenvalue weighted by atomic mass is 35.5. The zero-order chi connectivity index (χ0) is 30.6. The molecule has 0 atom stereocenters. The third-order valence-electron chi connectivity index (χ3n) is 7.77. The fourth-order valence-corrected chi connectivity index (χ4v) is 7.06. The van der Waals surface area contributed by atoms with E-state index in [0.29, 0.717) is 52.3 Å². The van der Waals surface area contributed by atoms with Gasteiger partial charge in [0.15, 0.2) is 11.4 Å². The smallest absolute Gasteiger partial charge is 0.281 e. The quantitative estimate of drug-likeness (QED) is 0.133. The van der Waals surface area contributed by atoms with Gasteiger partial charge in [0.1, 0.15) is 5.82 Å². The molecular formula is C30H39Cl4N4O3S+. The van der Waals surface area contributed by atoms with E-state index in [1.54, 1.807) is 0 Å². The number of halogens is 4. The molecule has 1 N–H and O–H groups in total. The molecule has 0 bridgehead atoms. The minimum Gasteiger partial charge on any atom is -0.326 e. The molecule has 0 spiro atoms. The van der Waals surface area contributed by atoms with Crippen LogP contribution in [0.2, 0.25) is 10.0 Å². The number of allylic oxidation sites excluding steroid dienone is 4. The number of fused-ring (bicyclic) bond motifs is 2. The maximum Gasteiger partial charge on any atom is 0.281 e. The largest absolute Gasteiger partial charge is 0.326 e. The van der Waals surface area contributed by atoms with E-state index in [1.807, 2.05) is 12.1 Å². The second-order valence-electron chi connectivity index (χ2n) is 10.5. The van der Waals surface area contributed by atoms with Gasteiger partial charge in [-0.2, -0.15) is 8.42 Å². The molecule has 4 rings (SSSR count). The summed E-state index contributed by atoms with van der Waals surface area (Å²) in [5.74, 6) is 1.79. The molecule has 42 heavy (non-hydrogen) atoms. The van der Waals surface area contributed by atoms with Crippen molar-refractivity contribution >= 4 is 74.0 Å². The molecule has 0 fully saturated rings. The molecule has 2 aromatic rings. The first-order chi connectivity index (χ1) is 20.0. The van der Waals surface area contributed by atoms with Crippen molar-refractivity contribution in [3.63, 3.8) is 0 Å². The summed E-state index contributed by atoms with van der Waals surface area (Å²) in [6, 6.07) is 3.90. The normalized spacial score (nSPS) is 16.3. The monoisotopic (exact) mass is 675 g/mol. The summed E-state index contributed by atoms with van der Waals surface area (Å²) in [5, 5.41) is 2.35. The molecule has 0 radical (unpaired) electrons. The van der Waals surface area contributed by atoms with Crippen LogP contribution < -0.4 is 14.4 Å². The first-order valence-electron chi connectivity index (χ1n) is 14.5. The number of hydrogen-bond acceptors (Lipinski definition) is 4. The van der Waals surface area contributed by atoms with Crippen molar-refractivity contribution in [3.05, 3.63) is 67.4 Å². The fourth-order valence-electron chi connectivity index (χ4n) is 5.79. The molecule has 1 aliphatic carbocycles. The maximum absolute atomic E-state index is 11.3. The summed E-state index contributed by atoms with van der Waals surface area (Å²) in [6.45, 7) is 9.39. The molecule has 0 unspecified atom stereocenters. The van der Waals surface area contributed by atoms with E-state index in [4.69, 9.17) is 46.4 Å². The Hall–Kier alpha value is -1.68. The third kappa shape index (κ3) is 7.33. The van der Waals surface area contributed by atoms with Crippen LogP contribution in [-0.4, -0.2) is 36.4 Å². The number of aromatic nitrogens is 2. The Labute approximate surface area is 269 Å². The van der Waals surface area contributed by atoms with Gasteiger partial charge >= 0.3 is 0 Å². The molecule has 0 amide bonds. The lowest BCUT2D eigenvalue weighted by atomic mass is 10.1. The maximum atomic E-state index is 11.3. The minimum absolute atomic E-state index is 0.261. The van der Waals surface area contributed by atoms with Gasteiger partial charge in [0.05, 0.1) is 53.1 Å². The number of anilines is 2. The van der Waals surface area contributed by atoms with E-state index in [2.05, 4.69) is 57.9 Å². The fraction of sp³-hybridized carbons (Fsp3) is 0.500. The number of hydrogen-bond donors (Lipinski definition) is 1. The molecule has 1 aromatic carbocycles.